The van der Waals surface area contributed by atoms with E-state index < -0.39 is 0 Å². The lowest BCUT2D eigenvalue weighted by Crippen LogP contribution is -2.14. The second kappa shape index (κ2) is 8.46. The minimum absolute atomic E-state index is 0.133. The number of methoxy groups -OCH3 is 1. The number of carbonyl (C=O) groups excluding carboxylic acids is 1. The quantitative estimate of drug-likeness (QED) is 0.666. The highest BCUT2D eigenvalue weighted by molar-refractivity contribution is 7.09. The Labute approximate surface area is 151 Å². The van der Waals surface area contributed by atoms with Crippen LogP contribution in [0.25, 0.3) is 0 Å². The molecule has 0 aliphatic carbocycles. The van der Waals surface area contributed by atoms with Crippen molar-refractivity contribution in [2.24, 2.45) is 0 Å². The van der Waals surface area contributed by atoms with Crippen molar-refractivity contribution in [1.82, 2.24) is 5.32 Å². The summed E-state index contributed by atoms with van der Waals surface area (Å²) < 4.78 is 5.11. The molecule has 3 rings (SSSR count). The first-order chi connectivity index (χ1) is 12.2. The molecule has 0 radical (unpaired) electrons. The van der Waals surface area contributed by atoms with Crippen LogP contribution in [-0.2, 0) is 13.1 Å². The molecule has 0 saturated heterocycles. The Morgan fingerprint density at radius 2 is 1.88 bits per heavy atom. The number of benzene rings is 2. The van der Waals surface area contributed by atoms with E-state index in [-0.39, 0.29) is 5.91 Å². The van der Waals surface area contributed by atoms with Gasteiger partial charge in [0.1, 0.15) is 5.75 Å². The van der Waals surface area contributed by atoms with E-state index in [1.165, 1.54) is 4.88 Å². The summed E-state index contributed by atoms with van der Waals surface area (Å²) in [6.45, 7) is 1.60. The minimum Gasteiger partial charge on any atom is -0.497 e. The third-order valence-corrected chi connectivity index (χ3v) is 4.62. The lowest BCUT2D eigenvalue weighted by Gasteiger charge is -2.09. The van der Waals surface area contributed by atoms with E-state index in [1.807, 2.05) is 24.3 Å². The third kappa shape index (κ3) is 4.92. The zero-order chi connectivity index (χ0) is 17.5. The molecule has 0 atom stereocenters. The normalized spacial score (nSPS) is 10.4. The molecule has 1 heterocycles. The summed E-state index contributed by atoms with van der Waals surface area (Å²) in [5.41, 5.74) is 2.52. The molecule has 0 spiro atoms. The second-order valence-corrected chi connectivity index (χ2v) is 6.60. The fourth-order valence-corrected chi connectivity index (χ4v) is 3.12. The van der Waals surface area contributed by atoms with Gasteiger partial charge in [0.25, 0.3) is 5.91 Å². The van der Waals surface area contributed by atoms with Gasteiger partial charge >= 0.3 is 0 Å². The highest BCUT2D eigenvalue weighted by Crippen LogP contribution is 2.15. The average Bonchev–Trinajstić information content (AvgIpc) is 3.15. The van der Waals surface area contributed by atoms with Crippen LogP contribution in [-0.4, -0.2) is 13.0 Å². The molecule has 0 unspecified atom stereocenters. The van der Waals surface area contributed by atoms with Crippen LogP contribution in [0.4, 0.5) is 5.69 Å². The first kappa shape index (κ1) is 17.2. The summed E-state index contributed by atoms with van der Waals surface area (Å²) in [5, 5.41) is 8.42. The van der Waals surface area contributed by atoms with Crippen molar-refractivity contribution in [3.8, 4) is 5.75 Å². The Bertz CT molecular complexity index is 814. The Hall–Kier alpha value is -2.63. The molecule has 128 valence electrons. The van der Waals surface area contributed by atoms with Gasteiger partial charge in [-0.1, -0.05) is 18.2 Å². The van der Waals surface area contributed by atoms with Crippen LogP contribution in [0.5, 0.6) is 5.75 Å². The minimum atomic E-state index is -0.133. The van der Waals surface area contributed by atoms with Gasteiger partial charge in [0, 0.05) is 29.2 Å². The van der Waals surface area contributed by atoms with Gasteiger partial charge < -0.3 is 15.4 Å². The predicted molar refractivity (Wildman–Crippen MR) is 102 cm³/mol. The molecule has 0 aliphatic heterocycles. The smallest absolute Gasteiger partial charge is 0.255 e. The molecule has 4 nitrogen and oxygen atoms in total. The number of hydrogen-bond donors (Lipinski definition) is 2. The summed E-state index contributed by atoms with van der Waals surface area (Å²) in [6, 6.07) is 19.1. The molecule has 0 fully saturated rings. The largest absolute Gasteiger partial charge is 0.497 e. The second-order valence-electron chi connectivity index (χ2n) is 5.57. The maximum absolute atomic E-state index is 12.3. The van der Waals surface area contributed by atoms with Gasteiger partial charge in [0.2, 0.25) is 0 Å². The third-order valence-electron chi connectivity index (χ3n) is 3.75. The highest BCUT2D eigenvalue weighted by atomic mass is 32.1. The molecular weight excluding hydrogens is 332 g/mol. The van der Waals surface area contributed by atoms with Crippen LogP contribution < -0.4 is 15.4 Å². The lowest BCUT2D eigenvalue weighted by molar-refractivity contribution is 0.102. The predicted octanol–water partition coefficient (Wildman–Crippen LogP) is 4.30. The van der Waals surface area contributed by atoms with Crippen molar-refractivity contribution in [2.75, 3.05) is 12.4 Å². The fraction of sp³-hybridized carbons (Fsp3) is 0.150. The van der Waals surface area contributed by atoms with E-state index in [4.69, 9.17) is 4.74 Å². The number of thiophene rings is 1. The summed E-state index contributed by atoms with van der Waals surface area (Å²) in [4.78, 5) is 13.6. The van der Waals surface area contributed by atoms with Crippen molar-refractivity contribution in [1.29, 1.82) is 0 Å². The van der Waals surface area contributed by atoms with E-state index in [1.54, 1.807) is 42.7 Å². The van der Waals surface area contributed by atoms with Gasteiger partial charge in [-0.25, -0.2) is 0 Å². The maximum atomic E-state index is 12.3. The molecule has 2 N–H and O–H groups in total. The summed E-state index contributed by atoms with van der Waals surface area (Å²) in [6.07, 6.45) is 0. The van der Waals surface area contributed by atoms with Crippen molar-refractivity contribution in [3.05, 3.63) is 82.0 Å². The Morgan fingerprint density at radius 3 is 2.60 bits per heavy atom. The number of nitrogens with one attached hydrogen (secondary N) is 2. The Balaban J connectivity index is 1.57. The molecule has 3 aromatic rings. The molecular formula is C20H20N2O2S. The van der Waals surface area contributed by atoms with Gasteiger partial charge in [-0.3, -0.25) is 4.79 Å². The Kier molecular flexibility index (Phi) is 5.82. The standard InChI is InChI=1S/C20H20N2O2S/c1-24-18-9-7-16(8-10-18)20(23)22-17-5-2-4-15(12-17)13-21-14-19-6-3-11-25-19/h2-12,21H,13-14H2,1H3,(H,22,23). The summed E-state index contributed by atoms with van der Waals surface area (Å²) in [7, 11) is 1.60. The number of rotatable bonds is 7. The molecule has 0 saturated carbocycles. The number of ether oxygens (including phenoxy) is 1. The monoisotopic (exact) mass is 352 g/mol. The first-order valence-corrected chi connectivity index (χ1v) is 8.90. The van der Waals surface area contributed by atoms with E-state index in [2.05, 4.69) is 28.1 Å². The fourth-order valence-electron chi connectivity index (χ4n) is 2.45. The molecule has 0 aliphatic rings. The summed E-state index contributed by atoms with van der Waals surface area (Å²) >= 11 is 1.74. The van der Waals surface area contributed by atoms with Crippen LogP contribution in [0.2, 0.25) is 0 Å². The van der Waals surface area contributed by atoms with Crippen LogP contribution in [0.15, 0.2) is 66.0 Å². The van der Waals surface area contributed by atoms with E-state index in [0.717, 1.165) is 30.1 Å². The topological polar surface area (TPSA) is 50.4 Å². The lowest BCUT2D eigenvalue weighted by atomic mass is 10.1. The number of carbonyl (C=O) groups is 1. The zero-order valence-corrected chi connectivity index (χ0v) is 14.8. The van der Waals surface area contributed by atoms with E-state index in [0.29, 0.717) is 5.56 Å². The zero-order valence-electron chi connectivity index (χ0n) is 14.0. The molecule has 25 heavy (non-hydrogen) atoms. The highest BCUT2D eigenvalue weighted by Gasteiger charge is 2.06. The molecule has 0 bridgehead atoms. The summed E-state index contributed by atoms with van der Waals surface area (Å²) in [5.74, 6) is 0.599. The number of amides is 1. The van der Waals surface area contributed by atoms with Gasteiger partial charge in [-0.2, -0.15) is 0 Å². The van der Waals surface area contributed by atoms with E-state index in [9.17, 15) is 4.79 Å². The van der Waals surface area contributed by atoms with Gasteiger partial charge in [0.15, 0.2) is 0 Å². The Morgan fingerprint density at radius 1 is 1.04 bits per heavy atom. The van der Waals surface area contributed by atoms with Gasteiger partial charge in [-0.15, -0.1) is 11.3 Å². The molecule has 2 aromatic carbocycles. The molecule has 1 aromatic heterocycles. The van der Waals surface area contributed by atoms with Crippen molar-refractivity contribution in [3.63, 3.8) is 0 Å². The van der Waals surface area contributed by atoms with Crippen molar-refractivity contribution < 1.29 is 9.53 Å². The molecule has 1 amide bonds. The molecule has 5 heteroatoms. The van der Waals surface area contributed by atoms with E-state index >= 15 is 0 Å². The SMILES string of the molecule is COc1ccc(C(=O)Nc2cccc(CNCc3cccs3)c2)cc1. The van der Waals surface area contributed by atoms with Crippen molar-refractivity contribution in [2.45, 2.75) is 13.1 Å². The van der Waals surface area contributed by atoms with Crippen LogP contribution in [0.3, 0.4) is 0 Å². The van der Waals surface area contributed by atoms with Crippen molar-refractivity contribution >= 4 is 22.9 Å². The number of anilines is 1. The van der Waals surface area contributed by atoms with Gasteiger partial charge in [0.05, 0.1) is 7.11 Å². The number of hydrogen-bond acceptors (Lipinski definition) is 4. The van der Waals surface area contributed by atoms with Crippen LogP contribution in [0, 0.1) is 0 Å². The first-order valence-electron chi connectivity index (χ1n) is 8.02. The van der Waals surface area contributed by atoms with Crippen LogP contribution in [0.1, 0.15) is 20.8 Å². The maximum Gasteiger partial charge on any atom is 0.255 e. The van der Waals surface area contributed by atoms with Crippen LogP contribution >= 0.6 is 11.3 Å². The van der Waals surface area contributed by atoms with Gasteiger partial charge in [-0.05, 0) is 53.4 Å². The average molecular weight is 352 g/mol.